The Morgan fingerprint density at radius 3 is 2.54 bits per heavy atom. The summed E-state index contributed by atoms with van der Waals surface area (Å²) in [6, 6.07) is 0.182. The maximum atomic E-state index is 11.2. The highest BCUT2D eigenvalue weighted by Crippen LogP contribution is 2.15. The van der Waals surface area contributed by atoms with Crippen LogP contribution >= 0.6 is 11.5 Å². The van der Waals surface area contributed by atoms with E-state index in [9.17, 15) is 9.59 Å². The average molecular weight is 202 g/mol. The van der Waals surface area contributed by atoms with Crippen molar-refractivity contribution in [2.45, 2.75) is 39.2 Å². The van der Waals surface area contributed by atoms with Crippen molar-refractivity contribution in [3.05, 3.63) is 20.2 Å². The molecule has 0 fully saturated rings. The van der Waals surface area contributed by atoms with Crippen LogP contribution in [0.4, 0.5) is 0 Å². The molecule has 0 bridgehead atoms. The molecule has 74 valence electrons. The zero-order valence-electron chi connectivity index (χ0n) is 7.87. The van der Waals surface area contributed by atoms with Gasteiger partial charge in [0.05, 0.1) is 0 Å². The van der Waals surface area contributed by atoms with Gasteiger partial charge in [-0.2, -0.15) is 0 Å². The number of aromatic nitrogens is 2. The molecule has 0 aliphatic rings. The lowest BCUT2D eigenvalue weighted by Crippen LogP contribution is -2.20. The molecule has 1 atom stereocenters. The van der Waals surface area contributed by atoms with Crippen LogP contribution in [0.3, 0.4) is 0 Å². The third-order valence-corrected chi connectivity index (χ3v) is 2.94. The van der Waals surface area contributed by atoms with Crippen molar-refractivity contribution in [2.75, 3.05) is 0 Å². The van der Waals surface area contributed by atoms with E-state index in [1.807, 2.05) is 6.92 Å². The topological polar surface area (TPSA) is 54.9 Å². The van der Waals surface area contributed by atoms with Crippen LogP contribution in [0.5, 0.6) is 0 Å². The first-order valence-corrected chi connectivity index (χ1v) is 5.28. The molecule has 0 radical (unpaired) electrons. The van der Waals surface area contributed by atoms with E-state index in [1.165, 1.54) is 0 Å². The van der Waals surface area contributed by atoms with Gasteiger partial charge in [0, 0.05) is 17.6 Å². The van der Waals surface area contributed by atoms with Crippen molar-refractivity contribution in [2.24, 2.45) is 0 Å². The predicted octanol–water partition coefficient (Wildman–Crippen LogP) is 1.35. The normalized spacial score (nSPS) is 13.1. The lowest BCUT2D eigenvalue weighted by Gasteiger charge is -2.11. The smallest absolute Gasteiger partial charge is 0.263 e. The van der Waals surface area contributed by atoms with Crippen molar-refractivity contribution in [1.29, 1.82) is 0 Å². The first-order valence-electron chi connectivity index (χ1n) is 4.51. The van der Waals surface area contributed by atoms with Gasteiger partial charge in [-0.05, 0) is 12.8 Å². The van der Waals surface area contributed by atoms with Gasteiger partial charge in [-0.25, -0.2) is 8.75 Å². The van der Waals surface area contributed by atoms with Gasteiger partial charge >= 0.3 is 10.6 Å². The third kappa shape index (κ3) is 2.30. The van der Waals surface area contributed by atoms with E-state index >= 15 is 0 Å². The minimum atomic E-state index is -0.268. The fourth-order valence-corrected chi connectivity index (χ4v) is 2.20. The van der Waals surface area contributed by atoms with E-state index in [0.717, 1.165) is 30.8 Å². The molecule has 1 aromatic rings. The lowest BCUT2D eigenvalue weighted by molar-refractivity contribution is 0.463. The molecule has 0 aliphatic carbocycles. The lowest BCUT2D eigenvalue weighted by atomic mass is 10.1. The maximum Gasteiger partial charge on any atom is 0.338 e. The number of hydrogen-bond donors (Lipinski definition) is 1. The minimum absolute atomic E-state index is 0.182. The fraction of sp³-hybridized carbons (Fsp3) is 0.750. The molecule has 1 unspecified atom stereocenters. The molecular weight excluding hydrogens is 188 g/mol. The van der Waals surface area contributed by atoms with E-state index in [4.69, 9.17) is 0 Å². The monoisotopic (exact) mass is 202 g/mol. The Balaban J connectivity index is 2.97. The second-order valence-electron chi connectivity index (χ2n) is 2.99. The number of hydrogen-bond acceptors (Lipinski definition) is 3. The van der Waals surface area contributed by atoms with Crippen LogP contribution in [-0.4, -0.2) is 8.94 Å². The Hall–Kier alpha value is -0.840. The minimum Gasteiger partial charge on any atom is -0.263 e. The van der Waals surface area contributed by atoms with Gasteiger partial charge in [-0.1, -0.05) is 20.3 Å². The number of H-pyrrole nitrogens is 1. The standard InChI is InChI=1S/C8H14N2O2S/c1-3-5-6(4-2)10-7(11)9-8(12)13-10/h6H,3-5H2,1-2H3,(H,9,11,12). The summed E-state index contributed by atoms with van der Waals surface area (Å²) in [6.45, 7) is 4.10. The van der Waals surface area contributed by atoms with Gasteiger partial charge in [-0.3, -0.25) is 9.78 Å². The van der Waals surface area contributed by atoms with Gasteiger partial charge < -0.3 is 0 Å². The van der Waals surface area contributed by atoms with Crippen LogP contribution in [0.15, 0.2) is 9.59 Å². The van der Waals surface area contributed by atoms with E-state index in [0.29, 0.717) is 0 Å². The molecule has 0 spiro atoms. The molecule has 0 saturated heterocycles. The van der Waals surface area contributed by atoms with Gasteiger partial charge in [0.25, 0.3) is 0 Å². The summed E-state index contributed by atoms with van der Waals surface area (Å²) in [4.78, 5) is 24.1. The molecule has 1 aromatic heterocycles. The van der Waals surface area contributed by atoms with Crippen LogP contribution in [0.2, 0.25) is 0 Å². The van der Waals surface area contributed by atoms with E-state index < -0.39 is 0 Å². The van der Waals surface area contributed by atoms with Crippen molar-refractivity contribution < 1.29 is 0 Å². The zero-order chi connectivity index (χ0) is 9.84. The molecule has 1 N–H and O–H groups in total. The summed E-state index contributed by atoms with van der Waals surface area (Å²) in [5.41, 5.74) is -0.268. The summed E-state index contributed by atoms with van der Waals surface area (Å²) in [5.74, 6) is 0. The SMILES string of the molecule is CCCC(CC)n1sc(=O)[nH]c1=O. The number of aromatic amines is 1. The number of nitrogens with one attached hydrogen (secondary N) is 1. The van der Waals surface area contributed by atoms with Gasteiger partial charge in [0.1, 0.15) is 0 Å². The van der Waals surface area contributed by atoms with Crippen molar-refractivity contribution in [3.63, 3.8) is 0 Å². The summed E-state index contributed by atoms with van der Waals surface area (Å²) in [7, 11) is 0. The molecule has 4 nitrogen and oxygen atoms in total. The summed E-state index contributed by atoms with van der Waals surface area (Å²) in [6.07, 6.45) is 2.86. The molecule has 1 heterocycles. The molecule has 0 aromatic carbocycles. The average Bonchev–Trinajstić information content (AvgIpc) is 2.41. The molecule has 0 amide bonds. The molecule has 0 saturated carbocycles. The van der Waals surface area contributed by atoms with Gasteiger partial charge in [0.2, 0.25) is 0 Å². The maximum absolute atomic E-state index is 11.2. The van der Waals surface area contributed by atoms with Crippen molar-refractivity contribution in [3.8, 4) is 0 Å². The van der Waals surface area contributed by atoms with Gasteiger partial charge in [-0.15, -0.1) is 0 Å². The summed E-state index contributed by atoms with van der Waals surface area (Å²) >= 11 is 0.980. The number of nitrogens with zero attached hydrogens (tertiary/aromatic N) is 1. The Morgan fingerprint density at radius 2 is 2.15 bits per heavy atom. The zero-order valence-corrected chi connectivity index (χ0v) is 8.69. The molecule has 5 heteroatoms. The largest absolute Gasteiger partial charge is 0.338 e. The highest BCUT2D eigenvalue weighted by atomic mass is 32.1. The fourth-order valence-electron chi connectivity index (χ4n) is 1.36. The predicted molar refractivity (Wildman–Crippen MR) is 53.4 cm³/mol. The van der Waals surface area contributed by atoms with Gasteiger partial charge in [0.15, 0.2) is 0 Å². The van der Waals surface area contributed by atoms with E-state index in [-0.39, 0.29) is 16.6 Å². The molecular formula is C8H14N2O2S. The van der Waals surface area contributed by atoms with Crippen LogP contribution in [0, 0.1) is 0 Å². The third-order valence-electron chi connectivity index (χ3n) is 2.02. The quantitative estimate of drug-likeness (QED) is 0.801. The van der Waals surface area contributed by atoms with Crippen LogP contribution in [-0.2, 0) is 0 Å². The van der Waals surface area contributed by atoms with Crippen LogP contribution < -0.4 is 10.6 Å². The van der Waals surface area contributed by atoms with Crippen LogP contribution in [0.25, 0.3) is 0 Å². The highest BCUT2D eigenvalue weighted by molar-refractivity contribution is 7.03. The van der Waals surface area contributed by atoms with E-state index in [2.05, 4.69) is 11.9 Å². The Morgan fingerprint density at radius 1 is 1.46 bits per heavy atom. The second kappa shape index (κ2) is 4.41. The molecule has 1 rings (SSSR count). The Bertz CT molecular complexity index is 363. The Kier molecular flexibility index (Phi) is 3.48. The first-order chi connectivity index (χ1) is 6.19. The molecule has 0 aliphatic heterocycles. The Labute approximate surface area is 80.4 Å². The highest BCUT2D eigenvalue weighted by Gasteiger charge is 2.11. The number of rotatable bonds is 4. The van der Waals surface area contributed by atoms with Crippen molar-refractivity contribution in [1.82, 2.24) is 8.94 Å². The summed E-state index contributed by atoms with van der Waals surface area (Å²) in [5, 5.41) is 0. The van der Waals surface area contributed by atoms with Crippen molar-refractivity contribution >= 4 is 11.5 Å². The second-order valence-corrected chi connectivity index (χ2v) is 3.93. The van der Waals surface area contributed by atoms with Crippen LogP contribution in [0.1, 0.15) is 39.2 Å². The molecule has 13 heavy (non-hydrogen) atoms. The summed E-state index contributed by atoms with van der Waals surface area (Å²) < 4.78 is 1.55. The first kappa shape index (κ1) is 10.2. The van der Waals surface area contributed by atoms with E-state index in [1.54, 1.807) is 3.96 Å².